The predicted octanol–water partition coefficient (Wildman–Crippen LogP) is 6.50. The lowest BCUT2D eigenvalue weighted by Gasteiger charge is -2.60. The van der Waals surface area contributed by atoms with Gasteiger partial charge in [0.05, 0.1) is 12.2 Å². The zero-order valence-corrected chi connectivity index (χ0v) is 22.2. The highest BCUT2D eigenvalue weighted by atomic mass is 19.3. The number of alkyl halides is 2. The fraction of sp³-hybridized carbons (Fsp3) is 0.966. The molecule has 0 aromatic rings. The molecule has 5 heteroatoms. The van der Waals surface area contributed by atoms with Gasteiger partial charge in [0.25, 0.3) is 0 Å². The number of rotatable bonds is 6. The highest BCUT2D eigenvalue weighted by Gasteiger charge is 2.64. The molecule has 0 unspecified atom stereocenters. The Hall–Kier alpha value is -0.550. The van der Waals surface area contributed by atoms with E-state index in [0.29, 0.717) is 36.5 Å². The number of carbonyl (C=O) groups excluding carboxylic acids is 1. The monoisotopic (exact) mass is 482 g/mol. The Labute approximate surface area is 205 Å². The second-order valence-electron chi connectivity index (χ2n) is 13.6. The molecule has 34 heavy (non-hydrogen) atoms. The molecule has 0 aliphatic heterocycles. The summed E-state index contributed by atoms with van der Waals surface area (Å²) in [5.74, 6) is -1.40. The van der Waals surface area contributed by atoms with Gasteiger partial charge in [-0.25, -0.2) is 8.78 Å². The van der Waals surface area contributed by atoms with Crippen LogP contribution in [-0.2, 0) is 4.79 Å². The number of carbonyl (C=O) groups is 1. The number of fused-ring (bicyclic) bond motifs is 5. The molecular formula is C29H48F2O3. The van der Waals surface area contributed by atoms with E-state index in [1.807, 2.05) is 0 Å². The average Bonchev–Trinajstić information content (AvgIpc) is 3.11. The van der Waals surface area contributed by atoms with Gasteiger partial charge in [-0.15, -0.1) is 0 Å². The van der Waals surface area contributed by atoms with Crippen LogP contribution in [0.25, 0.3) is 0 Å². The van der Waals surface area contributed by atoms with Crippen molar-refractivity contribution in [3.8, 4) is 0 Å². The smallest absolute Gasteiger partial charge is 0.248 e. The van der Waals surface area contributed by atoms with Gasteiger partial charge in [0.15, 0.2) is 0 Å². The summed E-state index contributed by atoms with van der Waals surface area (Å²) in [6.45, 7) is 12.9. The Morgan fingerprint density at radius 3 is 2.21 bits per heavy atom. The summed E-state index contributed by atoms with van der Waals surface area (Å²) in [6, 6.07) is 0. The molecule has 11 atom stereocenters. The van der Waals surface area contributed by atoms with Crippen LogP contribution < -0.4 is 0 Å². The van der Waals surface area contributed by atoms with E-state index in [0.717, 1.165) is 32.1 Å². The van der Waals surface area contributed by atoms with Crippen molar-refractivity contribution >= 4 is 5.78 Å². The third-order valence-corrected chi connectivity index (χ3v) is 11.8. The highest BCUT2D eigenvalue weighted by Crippen LogP contribution is 2.68. The van der Waals surface area contributed by atoms with Gasteiger partial charge < -0.3 is 10.2 Å². The predicted molar refractivity (Wildman–Crippen MR) is 130 cm³/mol. The van der Waals surface area contributed by atoms with E-state index in [9.17, 15) is 23.8 Å². The van der Waals surface area contributed by atoms with E-state index in [-0.39, 0.29) is 47.2 Å². The largest absolute Gasteiger partial charge is 0.390 e. The molecule has 0 radical (unpaired) electrons. The Morgan fingerprint density at radius 1 is 0.941 bits per heavy atom. The topological polar surface area (TPSA) is 57.5 Å². The zero-order valence-electron chi connectivity index (χ0n) is 22.2. The van der Waals surface area contributed by atoms with Crippen LogP contribution in [0.2, 0.25) is 0 Å². The first-order chi connectivity index (χ1) is 15.8. The molecular weight excluding hydrogens is 434 g/mol. The van der Waals surface area contributed by atoms with Crippen molar-refractivity contribution in [2.75, 3.05) is 0 Å². The van der Waals surface area contributed by atoms with Crippen LogP contribution in [0.3, 0.4) is 0 Å². The highest BCUT2D eigenvalue weighted by molar-refractivity contribution is 5.83. The van der Waals surface area contributed by atoms with Crippen molar-refractivity contribution in [2.24, 2.45) is 58.2 Å². The number of hydrogen-bond donors (Lipinski definition) is 2. The molecule has 0 bridgehead atoms. The Kier molecular flexibility index (Phi) is 7.08. The number of aliphatic hydroxyl groups excluding tert-OH is 2. The summed E-state index contributed by atoms with van der Waals surface area (Å²) in [4.78, 5) is 13.2. The second kappa shape index (κ2) is 9.08. The van der Waals surface area contributed by atoms with Crippen LogP contribution in [-0.4, -0.2) is 34.1 Å². The first-order valence-electron chi connectivity index (χ1n) is 14.0. The lowest BCUT2D eigenvalue weighted by molar-refractivity contribution is -0.177. The number of aliphatic hydroxyl groups is 2. The normalized spacial score (nSPS) is 45.1. The van der Waals surface area contributed by atoms with E-state index in [2.05, 4.69) is 41.5 Å². The molecule has 3 nitrogen and oxygen atoms in total. The second-order valence-corrected chi connectivity index (χ2v) is 13.6. The number of halogens is 2. The van der Waals surface area contributed by atoms with Crippen LogP contribution in [0.5, 0.6) is 0 Å². The molecule has 0 aromatic heterocycles. The van der Waals surface area contributed by atoms with E-state index in [1.165, 1.54) is 0 Å². The molecule has 0 spiro atoms. The minimum atomic E-state index is -2.70. The lowest BCUT2D eigenvalue weighted by atomic mass is 9.44. The Balaban J connectivity index is 1.54. The van der Waals surface area contributed by atoms with Crippen LogP contribution >= 0.6 is 0 Å². The maximum atomic E-state index is 14.2. The van der Waals surface area contributed by atoms with Gasteiger partial charge in [-0.3, -0.25) is 4.79 Å². The fourth-order valence-electron chi connectivity index (χ4n) is 9.77. The van der Waals surface area contributed by atoms with E-state index >= 15 is 0 Å². The quantitative estimate of drug-likeness (QED) is 0.454. The minimum absolute atomic E-state index is 0.00894. The molecule has 4 rings (SSSR count). The van der Waals surface area contributed by atoms with Crippen LogP contribution in [0.4, 0.5) is 8.78 Å². The van der Waals surface area contributed by atoms with Gasteiger partial charge >= 0.3 is 0 Å². The maximum absolute atomic E-state index is 14.2. The van der Waals surface area contributed by atoms with Gasteiger partial charge in [0.1, 0.15) is 5.78 Å². The van der Waals surface area contributed by atoms with E-state index in [1.54, 1.807) is 0 Å². The van der Waals surface area contributed by atoms with Gasteiger partial charge in [-0.05, 0) is 84.4 Å². The molecule has 4 fully saturated rings. The fourth-order valence-corrected chi connectivity index (χ4v) is 9.77. The van der Waals surface area contributed by atoms with Crippen LogP contribution in [0.15, 0.2) is 0 Å². The summed E-state index contributed by atoms with van der Waals surface area (Å²) < 4.78 is 28.5. The van der Waals surface area contributed by atoms with Crippen LogP contribution in [0.1, 0.15) is 99.3 Å². The number of Topliss-reactive ketones (excluding diaryl/α,β-unsaturated/α-hetero) is 1. The molecule has 196 valence electrons. The van der Waals surface area contributed by atoms with Crippen molar-refractivity contribution in [2.45, 2.75) is 117 Å². The average molecular weight is 483 g/mol. The summed E-state index contributed by atoms with van der Waals surface area (Å²) >= 11 is 0. The van der Waals surface area contributed by atoms with Gasteiger partial charge in [0, 0.05) is 25.2 Å². The Morgan fingerprint density at radius 2 is 1.59 bits per heavy atom. The van der Waals surface area contributed by atoms with Crippen molar-refractivity contribution in [3.63, 3.8) is 0 Å². The minimum Gasteiger partial charge on any atom is -0.390 e. The van der Waals surface area contributed by atoms with Crippen molar-refractivity contribution < 1.29 is 23.8 Å². The molecule has 4 aliphatic carbocycles. The number of ketones is 1. The number of hydrogen-bond acceptors (Lipinski definition) is 3. The molecule has 0 amide bonds. The van der Waals surface area contributed by atoms with Gasteiger partial charge in [-0.1, -0.05) is 48.0 Å². The molecule has 4 aliphatic rings. The molecule has 2 N–H and O–H groups in total. The summed E-state index contributed by atoms with van der Waals surface area (Å²) in [6.07, 6.45) is 4.03. The van der Waals surface area contributed by atoms with E-state index < -0.39 is 24.0 Å². The van der Waals surface area contributed by atoms with Crippen molar-refractivity contribution in [1.29, 1.82) is 0 Å². The molecule has 4 saturated carbocycles. The van der Waals surface area contributed by atoms with Crippen molar-refractivity contribution in [1.82, 2.24) is 0 Å². The molecule has 0 heterocycles. The lowest BCUT2D eigenvalue weighted by Crippen LogP contribution is -2.58. The summed E-state index contributed by atoms with van der Waals surface area (Å²) in [5, 5.41) is 22.3. The maximum Gasteiger partial charge on any atom is 0.248 e. The third-order valence-electron chi connectivity index (χ3n) is 11.8. The van der Waals surface area contributed by atoms with E-state index in [4.69, 9.17) is 0 Å². The van der Waals surface area contributed by atoms with Crippen molar-refractivity contribution in [3.05, 3.63) is 0 Å². The molecule has 0 saturated heterocycles. The zero-order chi connectivity index (χ0) is 25.2. The summed E-state index contributed by atoms with van der Waals surface area (Å²) in [5.41, 5.74) is -0.267. The molecule has 0 aromatic carbocycles. The summed E-state index contributed by atoms with van der Waals surface area (Å²) in [7, 11) is 0. The first kappa shape index (κ1) is 26.5. The van der Waals surface area contributed by atoms with Gasteiger partial charge in [-0.2, -0.15) is 0 Å². The SMILES string of the molecule is CC[C@@H](C(C)C)[C@H](O)[C@@H](O)[C@@H](C)[C@H]1CC[C@H]2[C@@H]3CC(=O)[C@H]4CC(F)(F)CC[C@]4(C)[C@H]3CC[C@]12C. The third kappa shape index (κ3) is 4.09. The van der Waals surface area contributed by atoms with Gasteiger partial charge in [0.2, 0.25) is 5.92 Å². The Bertz CT molecular complexity index is 768. The van der Waals surface area contributed by atoms with Crippen LogP contribution in [0, 0.1) is 58.2 Å². The standard InChI is InChI=1S/C29H48F2O3/c1-7-18(16(2)3)26(34)25(33)17(4)20-8-9-21-19-14-24(32)23-15-29(30,31)13-12-28(23,6)22(19)10-11-27(20,21)5/h16-23,25-26,33-34H,7-15H2,1-6H3/t17-,18-,19-,20+,21-,22-,23+,25-,26-,27+,28+/m0/s1. The first-order valence-corrected chi connectivity index (χ1v) is 14.0.